The Kier molecular flexibility index (Phi) is 4.62. The zero-order valence-electron chi connectivity index (χ0n) is 13.2. The molecule has 124 valence electrons. The summed E-state index contributed by atoms with van der Waals surface area (Å²) in [5.74, 6) is 0.969. The number of halogens is 1. The molecule has 5 nitrogen and oxygen atoms in total. The van der Waals surface area contributed by atoms with Crippen molar-refractivity contribution in [2.45, 2.75) is 25.0 Å². The Hall–Kier alpha value is -1.56. The molecular weight excluding hydrogens is 314 g/mol. The Morgan fingerprint density at radius 1 is 1.30 bits per heavy atom. The maximum atomic E-state index is 6.48. The van der Waals surface area contributed by atoms with E-state index in [0.717, 1.165) is 43.8 Å². The summed E-state index contributed by atoms with van der Waals surface area (Å²) in [7, 11) is 1.72. The maximum Gasteiger partial charge on any atom is 0.140 e. The first-order chi connectivity index (χ1) is 10.8. The molecule has 3 heterocycles. The molecule has 1 aromatic heterocycles. The molecule has 4 rings (SSSR count). The van der Waals surface area contributed by atoms with Crippen LogP contribution in [0.25, 0.3) is 11.3 Å². The number of aromatic nitrogens is 2. The number of piperidine rings is 1. The van der Waals surface area contributed by atoms with E-state index in [-0.39, 0.29) is 18.0 Å². The van der Waals surface area contributed by atoms with Crippen LogP contribution in [-0.2, 0) is 16.9 Å². The van der Waals surface area contributed by atoms with Crippen LogP contribution in [0.15, 0.2) is 30.5 Å². The molecular formula is C17H22ClN3O2. The molecule has 0 saturated carbocycles. The molecule has 0 amide bonds. The fourth-order valence-corrected chi connectivity index (χ4v) is 3.57. The first kappa shape index (κ1) is 16.3. The summed E-state index contributed by atoms with van der Waals surface area (Å²) in [5.41, 5.74) is 3.32. The Bertz CT molecular complexity index is 680. The lowest BCUT2D eigenvalue weighted by atomic mass is 9.81. The molecule has 0 atom stereocenters. The zero-order valence-corrected chi connectivity index (χ0v) is 14.1. The minimum atomic E-state index is -0.236. The minimum Gasteiger partial charge on any atom is -0.482 e. The number of hydrogen-bond acceptors (Lipinski definition) is 4. The van der Waals surface area contributed by atoms with Gasteiger partial charge in [0.1, 0.15) is 11.4 Å². The summed E-state index contributed by atoms with van der Waals surface area (Å²) in [6.45, 7) is 3.37. The number of nitrogens with zero attached hydrogens (tertiary/aromatic N) is 2. The number of para-hydroxylation sites is 1. The molecule has 1 fully saturated rings. The molecule has 0 aliphatic carbocycles. The van der Waals surface area contributed by atoms with Crippen molar-refractivity contribution in [2.75, 3.05) is 26.8 Å². The standard InChI is InChI=1S/C17H21N3O2.ClH/c1-21-11-10-20-16-13-4-2-3-5-15(13)22-17(14(16)12-19-20)6-8-18-9-7-17;/h2-5,12,18H,6-11H2,1H3;1H. The lowest BCUT2D eigenvalue weighted by Gasteiger charge is -2.41. The van der Waals surface area contributed by atoms with Crippen LogP contribution in [0.1, 0.15) is 18.4 Å². The van der Waals surface area contributed by atoms with Gasteiger partial charge in [0.2, 0.25) is 0 Å². The van der Waals surface area contributed by atoms with E-state index in [4.69, 9.17) is 9.47 Å². The van der Waals surface area contributed by atoms with Gasteiger partial charge in [-0.25, -0.2) is 0 Å². The van der Waals surface area contributed by atoms with E-state index in [0.29, 0.717) is 6.61 Å². The summed E-state index contributed by atoms with van der Waals surface area (Å²) >= 11 is 0. The van der Waals surface area contributed by atoms with Crippen LogP contribution in [0.5, 0.6) is 5.75 Å². The monoisotopic (exact) mass is 335 g/mol. The zero-order chi connectivity index (χ0) is 15.0. The van der Waals surface area contributed by atoms with Crippen molar-refractivity contribution in [2.24, 2.45) is 0 Å². The first-order valence-electron chi connectivity index (χ1n) is 7.88. The summed E-state index contributed by atoms with van der Waals surface area (Å²) in [6, 6.07) is 8.28. The number of fused-ring (bicyclic) bond motifs is 4. The van der Waals surface area contributed by atoms with Gasteiger partial charge in [0.15, 0.2) is 0 Å². The Balaban J connectivity index is 0.00000156. The third kappa shape index (κ3) is 2.63. The van der Waals surface area contributed by atoms with Gasteiger partial charge in [-0.15, -0.1) is 12.4 Å². The molecule has 0 bridgehead atoms. The van der Waals surface area contributed by atoms with Gasteiger partial charge >= 0.3 is 0 Å². The van der Waals surface area contributed by atoms with Crippen molar-refractivity contribution < 1.29 is 9.47 Å². The molecule has 1 aromatic carbocycles. The Labute approximate surface area is 142 Å². The van der Waals surface area contributed by atoms with Gasteiger partial charge < -0.3 is 14.8 Å². The minimum absolute atomic E-state index is 0. The highest BCUT2D eigenvalue weighted by molar-refractivity contribution is 5.85. The molecule has 23 heavy (non-hydrogen) atoms. The van der Waals surface area contributed by atoms with Crippen molar-refractivity contribution in [3.8, 4) is 17.0 Å². The van der Waals surface area contributed by atoms with E-state index < -0.39 is 0 Å². The van der Waals surface area contributed by atoms with Crippen molar-refractivity contribution in [3.63, 3.8) is 0 Å². The second kappa shape index (κ2) is 6.51. The number of ether oxygens (including phenoxy) is 2. The van der Waals surface area contributed by atoms with Crippen LogP contribution in [0.3, 0.4) is 0 Å². The van der Waals surface area contributed by atoms with Crippen LogP contribution in [0.2, 0.25) is 0 Å². The van der Waals surface area contributed by atoms with Crippen molar-refractivity contribution in [3.05, 3.63) is 36.0 Å². The highest BCUT2D eigenvalue weighted by Crippen LogP contribution is 2.48. The van der Waals surface area contributed by atoms with E-state index in [1.165, 1.54) is 11.3 Å². The molecule has 1 N–H and O–H groups in total. The van der Waals surface area contributed by atoms with E-state index in [1.807, 2.05) is 12.3 Å². The number of benzene rings is 1. The first-order valence-corrected chi connectivity index (χ1v) is 7.88. The smallest absolute Gasteiger partial charge is 0.140 e. The average Bonchev–Trinajstić information content (AvgIpc) is 2.99. The Morgan fingerprint density at radius 2 is 2.09 bits per heavy atom. The lowest BCUT2D eigenvalue weighted by Crippen LogP contribution is -2.45. The molecule has 1 spiro atoms. The van der Waals surface area contributed by atoms with Gasteiger partial charge in [-0.1, -0.05) is 12.1 Å². The second-order valence-electron chi connectivity index (χ2n) is 5.97. The largest absolute Gasteiger partial charge is 0.482 e. The SMILES string of the molecule is COCCn1ncc2c1-c1ccccc1OC21CCNCC1.Cl. The molecule has 1 saturated heterocycles. The second-order valence-corrected chi connectivity index (χ2v) is 5.97. The van der Waals surface area contributed by atoms with Gasteiger partial charge in [-0.05, 0) is 25.2 Å². The summed E-state index contributed by atoms with van der Waals surface area (Å²) in [4.78, 5) is 0. The van der Waals surface area contributed by atoms with Crippen molar-refractivity contribution in [1.82, 2.24) is 15.1 Å². The van der Waals surface area contributed by atoms with E-state index >= 15 is 0 Å². The van der Waals surface area contributed by atoms with Crippen LogP contribution >= 0.6 is 12.4 Å². The molecule has 0 unspecified atom stereocenters. The number of rotatable bonds is 3. The van der Waals surface area contributed by atoms with E-state index in [1.54, 1.807) is 7.11 Å². The van der Waals surface area contributed by atoms with Gasteiger partial charge in [-0.2, -0.15) is 5.10 Å². The predicted molar refractivity (Wildman–Crippen MR) is 91.2 cm³/mol. The third-order valence-electron chi connectivity index (χ3n) is 4.70. The van der Waals surface area contributed by atoms with Gasteiger partial charge in [0.25, 0.3) is 0 Å². The normalized spacial score (nSPS) is 17.8. The van der Waals surface area contributed by atoms with E-state index in [2.05, 4.69) is 33.3 Å². The topological polar surface area (TPSA) is 48.3 Å². The van der Waals surface area contributed by atoms with Crippen LogP contribution < -0.4 is 10.1 Å². The number of nitrogens with one attached hydrogen (secondary N) is 1. The molecule has 6 heteroatoms. The van der Waals surface area contributed by atoms with Crippen LogP contribution in [0, 0.1) is 0 Å². The van der Waals surface area contributed by atoms with Crippen molar-refractivity contribution in [1.29, 1.82) is 0 Å². The summed E-state index contributed by atoms with van der Waals surface area (Å²) < 4.78 is 13.8. The van der Waals surface area contributed by atoms with Gasteiger partial charge in [-0.3, -0.25) is 4.68 Å². The maximum absolute atomic E-state index is 6.48. The molecule has 2 aromatic rings. The van der Waals surface area contributed by atoms with Crippen LogP contribution in [0.4, 0.5) is 0 Å². The lowest BCUT2D eigenvalue weighted by molar-refractivity contribution is 0.0305. The quantitative estimate of drug-likeness (QED) is 0.936. The number of methoxy groups -OCH3 is 1. The predicted octanol–water partition coefficient (Wildman–Crippen LogP) is 2.59. The molecule has 0 radical (unpaired) electrons. The fourth-order valence-electron chi connectivity index (χ4n) is 3.57. The van der Waals surface area contributed by atoms with Gasteiger partial charge in [0.05, 0.1) is 25.0 Å². The third-order valence-corrected chi connectivity index (χ3v) is 4.70. The average molecular weight is 336 g/mol. The van der Waals surface area contributed by atoms with Crippen molar-refractivity contribution >= 4 is 12.4 Å². The highest BCUT2D eigenvalue weighted by Gasteiger charge is 2.43. The summed E-state index contributed by atoms with van der Waals surface area (Å²) in [5, 5.41) is 8.05. The van der Waals surface area contributed by atoms with Gasteiger partial charge in [0, 0.05) is 31.1 Å². The number of hydrogen-bond donors (Lipinski definition) is 1. The Morgan fingerprint density at radius 3 is 2.87 bits per heavy atom. The summed E-state index contributed by atoms with van der Waals surface area (Å²) in [6.07, 6.45) is 3.95. The molecule has 2 aliphatic heterocycles. The van der Waals surface area contributed by atoms with E-state index in [9.17, 15) is 0 Å². The fraction of sp³-hybridized carbons (Fsp3) is 0.471. The highest BCUT2D eigenvalue weighted by atomic mass is 35.5. The molecule has 2 aliphatic rings. The van der Waals surface area contributed by atoms with Crippen LogP contribution in [-0.4, -0.2) is 36.6 Å².